The van der Waals surface area contributed by atoms with Crippen LogP contribution in [-0.2, 0) is 11.3 Å². The van der Waals surface area contributed by atoms with Crippen molar-refractivity contribution in [1.29, 1.82) is 5.26 Å². The Morgan fingerprint density at radius 3 is 2.62 bits per heavy atom. The van der Waals surface area contributed by atoms with E-state index in [2.05, 4.69) is 21.2 Å². The number of methoxy groups -OCH3 is 1. The van der Waals surface area contributed by atoms with E-state index < -0.39 is 0 Å². The Bertz CT molecular complexity index is 889. The quantitative estimate of drug-likeness (QED) is 0.755. The zero-order valence-electron chi connectivity index (χ0n) is 16.5. The molecule has 0 unspecified atom stereocenters. The van der Waals surface area contributed by atoms with Crippen molar-refractivity contribution < 1.29 is 9.53 Å². The SMILES string of the molecule is COc1ccc(Cl)cc1CN1CCN(CCC(=O)Nc2ccccc2C#N)CC1. The number of halogens is 1. The predicted molar refractivity (Wildman–Crippen MR) is 114 cm³/mol. The molecular weight excluding hydrogens is 388 g/mol. The van der Waals surface area contributed by atoms with Crippen LogP contribution >= 0.6 is 11.6 Å². The van der Waals surface area contributed by atoms with E-state index in [4.69, 9.17) is 21.6 Å². The molecule has 1 aliphatic heterocycles. The van der Waals surface area contributed by atoms with Crippen LogP contribution < -0.4 is 10.1 Å². The maximum atomic E-state index is 12.2. The fourth-order valence-electron chi connectivity index (χ4n) is 3.44. The number of anilines is 1. The number of hydrogen-bond donors (Lipinski definition) is 1. The van der Waals surface area contributed by atoms with Crippen LogP contribution in [0.2, 0.25) is 5.02 Å². The number of hydrogen-bond acceptors (Lipinski definition) is 5. The molecule has 0 saturated carbocycles. The van der Waals surface area contributed by atoms with Crippen LogP contribution in [0.25, 0.3) is 0 Å². The summed E-state index contributed by atoms with van der Waals surface area (Å²) in [4.78, 5) is 16.9. The number of nitrogens with one attached hydrogen (secondary N) is 1. The van der Waals surface area contributed by atoms with Gasteiger partial charge in [0.1, 0.15) is 11.8 Å². The summed E-state index contributed by atoms with van der Waals surface area (Å²) in [5, 5.41) is 12.7. The van der Waals surface area contributed by atoms with Crippen molar-refractivity contribution >= 4 is 23.2 Å². The topological polar surface area (TPSA) is 68.6 Å². The van der Waals surface area contributed by atoms with E-state index in [1.54, 1.807) is 25.3 Å². The largest absolute Gasteiger partial charge is 0.496 e. The Kier molecular flexibility index (Phi) is 7.48. The summed E-state index contributed by atoms with van der Waals surface area (Å²) in [6, 6.07) is 14.8. The second kappa shape index (κ2) is 10.3. The van der Waals surface area contributed by atoms with Gasteiger partial charge in [0.15, 0.2) is 0 Å². The number of para-hydroxylation sites is 1. The molecule has 6 nitrogen and oxygen atoms in total. The van der Waals surface area contributed by atoms with Gasteiger partial charge in [-0.05, 0) is 30.3 Å². The van der Waals surface area contributed by atoms with Crippen LogP contribution in [0.1, 0.15) is 17.5 Å². The number of rotatable bonds is 7. The monoisotopic (exact) mass is 412 g/mol. The first kappa shape index (κ1) is 21.1. The van der Waals surface area contributed by atoms with Crippen LogP contribution in [0.15, 0.2) is 42.5 Å². The normalized spacial score (nSPS) is 14.9. The molecule has 1 aliphatic rings. The summed E-state index contributed by atoms with van der Waals surface area (Å²) in [6.07, 6.45) is 0.405. The second-order valence-electron chi connectivity index (χ2n) is 7.03. The molecule has 1 amide bonds. The molecule has 1 N–H and O–H groups in total. The molecule has 0 radical (unpaired) electrons. The summed E-state index contributed by atoms with van der Waals surface area (Å²) < 4.78 is 5.43. The van der Waals surface area contributed by atoms with E-state index in [1.165, 1.54) is 0 Å². The fourth-order valence-corrected chi connectivity index (χ4v) is 3.64. The minimum atomic E-state index is -0.0706. The summed E-state index contributed by atoms with van der Waals surface area (Å²) in [7, 11) is 1.67. The summed E-state index contributed by atoms with van der Waals surface area (Å²) in [5.41, 5.74) is 2.13. The number of nitriles is 1. The molecule has 1 heterocycles. The molecule has 3 rings (SSSR count). The third-order valence-electron chi connectivity index (χ3n) is 5.08. The van der Waals surface area contributed by atoms with Crippen molar-refractivity contribution in [2.24, 2.45) is 0 Å². The number of carbonyl (C=O) groups excluding carboxylic acids is 1. The van der Waals surface area contributed by atoms with Gasteiger partial charge in [-0.25, -0.2) is 0 Å². The van der Waals surface area contributed by atoms with E-state index in [9.17, 15) is 4.79 Å². The smallest absolute Gasteiger partial charge is 0.225 e. The van der Waals surface area contributed by atoms with Crippen LogP contribution in [0.3, 0.4) is 0 Å². The average molecular weight is 413 g/mol. The Morgan fingerprint density at radius 1 is 1.17 bits per heavy atom. The zero-order chi connectivity index (χ0) is 20.6. The lowest BCUT2D eigenvalue weighted by atomic mass is 10.1. The van der Waals surface area contributed by atoms with Gasteiger partial charge in [0.25, 0.3) is 0 Å². The Balaban J connectivity index is 1.44. The molecule has 0 atom stereocenters. The summed E-state index contributed by atoms with van der Waals surface area (Å²) >= 11 is 6.12. The van der Waals surface area contributed by atoms with Gasteiger partial charge in [-0.1, -0.05) is 23.7 Å². The molecule has 0 bridgehead atoms. The highest BCUT2D eigenvalue weighted by Gasteiger charge is 2.19. The number of benzene rings is 2. The van der Waals surface area contributed by atoms with Crippen LogP contribution in [0, 0.1) is 11.3 Å². The van der Waals surface area contributed by atoms with Gasteiger partial charge in [-0.3, -0.25) is 9.69 Å². The van der Waals surface area contributed by atoms with E-state index in [0.717, 1.165) is 44.0 Å². The number of piperazine rings is 1. The predicted octanol–water partition coefficient (Wildman–Crippen LogP) is 3.37. The first-order chi connectivity index (χ1) is 14.1. The van der Waals surface area contributed by atoms with Gasteiger partial charge in [0.05, 0.1) is 18.4 Å². The van der Waals surface area contributed by atoms with Gasteiger partial charge in [-0.2, -0.15) is 5.26 Å². The molecule has 1 saturated heterocycles. The van der Waals surface area contributed by atoms with Crippen molar-refractivity contribution in [2.45, 2.75) is 13.0 Å². The number of ether oxygens (including phenoxy) is 1. The van der Waals surface area contributed by atoms with Crippen molar-refractivity contribution in [2.75, 3.05) is 45.2 Å². The summed E-state index contributed by atoms with van der Waals surface area (Å²) in [5.74, 6) is 0.782. The molecule has 0 aromatic heterocycles. The third kappa shape index (κ3) is 5.94. The standard InChI is InChI=1S/C22H25ClN4O2/c1-29-21-7-6-19(23)14-18(21)16-27-12-10-26(11-13-27)9-8-22(28)25-20-5-3-2-4-17(20)15-24/h2-7,14H,8-13,16H2,1H3,(H,25,28). The molecule has 0 spiro atoms. The molecule has 152 valence electrons. The van der Waals surface area contributed by atoms with Crippen LogP contribution in [0.5, 0.6) is 5.75 Å². The Labute approximate surface area is 176 Å². The van der Waals surface area contributed by atoms with Gasteiger partial charge in [-0.15, -0.1) is 0 Å². The minimum absolute atomic E-state index is 0.0706. The maximum Gasteiger partial charge on any atom is 0.225 e. The maximum absolute atomic E-state index is 12.2. The van der Waals surface area contributed by atoms with Crippen LogP contribution in [-0.4, -0.2) is 55.5 Å². The van der Waals surface area contributed by atoms with Crippen molar-refractivity contribution in [3.05, 3.63) is 58.6 Å². The van der Waals surface area contributed by atoms with Crippen LogP contribution in [0.4, 0.5) is 5.69 Å². The molecule has 7 heteroatoms. The van der Waals surface area contributed by atoms with Gasteiger partial charge in [0, 0.05) is 56.3 Å². The average Bonchev–Trinajstić information content (AvgIpc) is 2.74. The van der Waals surface area contributed by atoms with Gasteiger partial charge < -0.3 is 15.0 Å². The summed E-state index contributed by atoms with van der Waals surface area (Å²) in [6.45, 7) is 5.16. The number of amides is 1. The molecule has 1 fully saturated rings. The van der Waals surface area contributed by atoms with Gasteiger partial charge >= 0.3 is 0 Å². The third-order valence-corrected chi connectivity index (χ3v) is 5.31. The Morgan fingerprint density at radius 2 is 1.90 bits per heavy atom. The highest BCUT2D eigenvalue weighted by atomic mass is 35.5. The van der Waals surface area contributed by atoms with Gasteiger partial charge in [0.2, 0.25) is 5.91 Å². The molecule has 0 aliphatic carbocycles. The van der Waals surface area contributed by atoms with E-state index >= 15 is 0 Å². The minimum Gasteiger partial charge on any atom is -0.496 e. The van der Waals surface area contributed by atoms with Crippen molar-refractivity contribution in [3.8, 4) is 11.8 Å². The van der Waals surface area contributed by atoms with Crippen molar-refractivity contribution in [1.82, 2.24) is 9.80 Å². The van der Waals surface area contributed by atoms with Crippen molar-refractivity contribution in [3.63, 3.8) is 0 Å². The lowest BCUT2D eigenvalue weighted by Crippen LogP contribution is -2.46. The highest BCUT2D eigenvalue weighted by molar-refractivity contribution is 6.30. The first-order valence-corrected chi connectivity index (χ1v) is 10.0. The first-order valence-electron chi connectivity index (χ1n) is 9.65. The zero-order valence-corrected chi connectivity index (χ0v) is 17.3. The number of nitrogens with zero attached hydrogens (tertiary/aromatic N) is 3. The van der Waals surface area contributed by atoms with E-state index in [1.807, 2.05) is 24.3 Å². The highest BCUT2D eigenvalue weighted by Crippen LogP contribution is 2.24. The lowest BCUT2D eigenvalue weighted by molar-refractivity contribution is -0.116. The fraction of sp³-hybridized carbons (Fsp3) is 0.364. The van der Waals surface area contributed by atoms with E-state index in [0.29, 0.717) is 29.2 Å². The molecular formula is C22H25ClN4O2. The second-order valence-corrected chi connectivity index (χ2v) is 7.47. The van der Waals surface area contributed by atoms with E-state index in [-0.39, 0.29) is 5.91 Å². The Hall–Kier alpha value is -2.59. The lowest BCUT2D eigenvalue weighted by Gasteiger charge is -2.34. The molecule has 29 heavy (non-hydrogen) atoms. The number of carbonyl (C=O) groups is 1. The molecule has 2 aromatic carbocycles. The molecule has 2 aromatic rings.